The first-order valence-corrected chi connectivity index (χ1v) is 6.30. The first-order valence-electron chi connectivity index (χ1n) is 5.18. The van der Waals surface area contributed by atoms with Crippen molar-refractivity contribution in [1.29, 1.82) is 0 Å². The molecule has 0 N–H and O–H groups in total. The molecule has 1 aromatic carbocycles. The molecule has 2 rings (SSSR count). The number of hydrogen-bond donors (Lipinski definition) is 0. The van der Waals surface area contributed by atoms with E-state index in [1.54, 1.807) is 0 Å². The van der Waals surface area contributed by atoms with Crippen LogP contribution in [0.1, 0.15) is 18.1 Å². The van der Waals surface area contributed by atoms with Gasteiger partial charge in [-0.25, -0.2) is 0 Å². The zero-order valence-electron chi connectivity index (χ0n) is 8.83. The highest BCUT2D eigenvalue weighted by atomic mass is 79.9. The van der Waals surface area contributed by atoms with E-state index in [1.165, 1.54) is 5.56 Å². The van der Waals surface area contributed by atoms with Gasteiger partial charge in [-0.3, -0.25) is 0 Å². The molecule has 2 nitrogen and oxygen atoms in total. The van der Waals surface area contributed by atoms with E-state index in [-0.39, 0.29) is 0 Å². The normalized spacial score (nSPS) is 19.3. The molecule has 0 spiro atoms. The summed E-state index contributed by atoms with van der Waals surface area (Å²) in [5.74, 6) is -0.535. The van der Waals surface area contributed by atoms with E-state index in [9.17, 15) is 0 Å². The highest BCUT2D eigenvalue weighted by Crippen LogP contribution is 2.30. The first-order chi connectivity index (χ1) is 7.24. The second kappa shape index (κ2) is 4.64. The number of rotatable bonds is 3. The zero-order chi connectivity index (χ0) is 10.7. The molecule has 1 aromatic rings. The lowest BCUT2D eigenvalue weighted by Gasteiger charge is -2.22. The third-order valence-electron chi connectivity index (χ3n) is 2.70. The maximum absolute atomic E-state index is 5.59. The van der Waals surface area contributed by atoms with E-state index in [0.29, 0.717) is 13.2 Å². The lowest BCUT2D eigenvalue weighted by atomic mass is 10.0. The molecule has 15 heavy (non-hydrogen) atoms. The molecule has 0 unspecified atom stereocenters. The number of halogens is 1. The molecule has 82 valence electrons. The first kappa shape index (κ1) is 11.1. The summed E-state index contributed by atoms with van der Waals surface area (Å²) in [7, 11) is 0. The van der Waals surface area contributed by atoms with Gasteiger partial charge < -0.3 is 9.47 Å². The van der Waals surface area contributed by atoms with Gasteiger partial charge in [-0.05, 0) is 18.9 Å². The molecule has 0 aliphatic carbocycles. The van der Waals surface area contributed by atoms with Crippen LogP contribution in [-0.4, -0.2) is 18.5 Å². The topological polar surface area (TPSA) is 18.5 Å². The number of ether oxygens (including phenoxy) is 2. The molecular formula is C12H15BrO2. The Morgan fingerprint density at radius 2 is 1.80 bits per heavy atom. The highest BCUT2D eigenvalue weighted by Gasteiger charge is 2.32. The van der Waals surface area contributed by atoms with Crippen LogP contribution in [-0.2, 0) is 21.7 Å². The summed E-state index contributed by atoms with van der Waals surface area (Å²) in [5.41, 5.74) is 2.43. The van der Waals surface area contributed by atoms with Crippen LogP contribution in [0.15, 0.2) is 24.3 Å². The van der Waals surface area contributed by atoms with Gasteiger partial charge in [0, 0.05) is 10.9 Å². The SMILES string of the molecule is CC1(c2ccc(CCBr)cc2)OCCO1. The molecule has 1 aliphatic rings. The van der Waals surface area contributed by atoms with Crippen LogP contribution in [0.4, 0.5) is 0 Å². The van der Waals surface area contributed by atoms with Crippen molar-refractivity contribution < 1.29 is 9.47 Å². The van der Waals surface area contributed by atoms with Crippen LogP contribution in [0.2, 0.25) is 0 Å². The highest BCUT2D eigenvalue weighted by molar-refractivity contribution is 9.09. The van der Waals surface area contributed by atoms with Crippen molar-refractivity contribution in [2.75, 3.05) is 18.5 Å². The minimum atomic E-state index is -0.535. The average Bonchev–Trinajstić information content (AvgIpc) is 2.68. The molecule has 0 amide bonds. The summed E-state index contributed by atoms with van der Waals surface area (Å²) in [6.07, 6.45) is 1.05. The van der Waals surface area contributed by atoms with Crippen LogP contribution in [0.25, 0.3) is 0 Å². The molecular weight excluding hydrogens is 256 g/mol. The average molecular weight is 271 g/mol. The van der Waals surface area contributed by atoms with Crippen LogP contribution in [0.5, 0.6) is 0 Å². The number of hydrogen-bond acceptors (Lipinski definition) is 2. The summed E-state index contributed by atoms with van der Waals surface area (Å²) in [5, 5.41) is 0.997. The largest absolute Gasteiger partial charge is 0.344 e. The monoisotopic (exact) mass is 270 g/mol. The Morgan fingerprint density at radius 3 is 2.33 bits per heavy atom. The second-order valence-corrected chi connectivity index (χ2v) is 4.57. The number of alkyl halides is 1. The Bertz CT molecular complexity index is 315. The summed E-state index contributed by atoms with van der Waals surface area (Å²) < 4.78 is 11.2. The van der Waals surface area contributed by atoms with Crippen LogP contribution < -0.4 is 0 Å². The predicted molar refractivity (Wildman–Crippen MR) is 63.2 cm³/mol. The van der Waals surface area contributed by atoms with E-state index < -0.39 is 5.79 Å². The molecule has 1 heterocycles. The third-order valence-corrected chi connectivity index (χ3v) is 3.10. The summed E-state index contributed by atoms with van der Waals surface area (Å²) >= 11 is 3.43. The van der Waals surface area contributed by atoms with Gasteiger partial charge in [-0.1, -0.05) is 40.2 Å². The fourth-order valence-corrected chi connectivity index (χ4v) is 2.22. The van der Waals surface area contributed by atoms with Crippen molar-refractivity contribution in [1.82, 2.24) is 0 Å². The lowest BCUT2D eigenvalue weighted by Crippen LogP contribution is -2.22. The van der Waals surface area contributed by atoms with Gasteiger partial charge in [0.1, 0.15) is 0 Å². The molecule has 0 atom stereocenters. The van der Waals surface area contributed by atoms with E-state index in [1.807, 2.05) is 6.92 Å². The Balaban J connectivity index is 2.15. The fourth-order valence-electron chi connectivity index (χ4n) is 1.76. The van der Waals surface area contributed by atoms with Gasteiger partial charge in [-0.15, -0.1) is 0 Å². The third kappa shape index (κ3) is 2.41. The number of benzene rings is 1. The molecule has 1 fully saturated rings. The summed E-state index contributed by atoms with van der Waals surface area (Å²) in [6.45, 7) is 3.33. The molecule has 3 heteroatoms. The molecule has 0 radical (unpaired) electrons. The Kier molecular flexibility index (Phi) is 3.44. The van der Waals surface area contributed by atoms with Crippen molar-refractivity contribution in [2.24, 2.45) is 0 Å². The van der Waals surface area contributed by atoms with Gasteiger partial charge in [-0.2, -0.15) is 0 Å². The van der Waals surface area contributed by atoms with Gasteiger partial charge >= 0.3 is 0 Å². The van der Waals surface area contributed by atoms with Gasteiger partial charge in [0.05, 0.1) is 13.2 Å². The van der Waals surface area contributed by atoms with Crippen LogP contribution in [0, 0.1) is 0 Å². The Hall–Kier alpha value is -0.380. The maximum Gasteiger partial charge on any atom is 0.192 e. The second-order valence-electron chi connectivity index (χ2n) is 3.78. The van der Waals surface area contributed by atoms with Crippen molar-refractivity contribution >= 4 is 15.9 Å². The molecule has 0 aromatic heterocycles. The van der Waals surface area contributed by atoms with Crippen molar-refractivity contribution in [2.45, 2.75) is 19.1 Å². The minimum Gasteiger partial charge on any atom is -0.344 e. The van der Waals surface area contributed by atoms with Gasteiger partial charge in [0.25, 0.3) is 0 Å². The van der Waals surface area contributed by atoms with Crippen molar-refractivity contribution in [3.63, 3.8) is 0 Å². The summed E-state index contributed by atoms with van der Waals surface area (Å²) in [6, 6.07) is 8.44. The Labute approximate surface area is 98.7 Å². The Morgan fingerprint density at radius 1 is 1.20 bits per heavy atom. The lowest BCUT2D eigenvalue weighted by molar-refractivity contribution is -0.149. The molecule has 0 bridgehead atoms. The van der Waals surface area contributed by atoms with Crippen molar-refractivity contribution in [3.8, 4) is 0 Å². The van der Waals surface area contributed by atoms with Crippen molar-refractivity contribution in [3.05, 3.63) is 35.4 Å². The summed E-state index contributed by atoms with van der Waals surface area (Å²) in [4.78, 5) is 0. The van der Waals surface area contributed by atoms with Crippen LogP contribution >= 0.6 is 15.9 Å². The van der Waals surface area contributed by atoms with E-state index in [4.69, 9.17) is 9.47 Å². The zero-order valence-corrected chi connectivity index (χ0v) is 10.4. The fraction of sp³-hybridized carbons (Fsp3) is 0.500. The minimum absolute atomic E-state index is 0.535. The molecule has 1 saturated heterocycles. The van der Waals surface area contributed by atoms with E-state index in [0.717, 1.165) is 17.3 Å². The van der Waals surface area contributed by atoms with Gasteiger partial charge in [0.2, 0.25) is 0 Å². The smallest absolute Gasteiger partial charge is 0.192 e. The van der Waals surface area contributed by atoms with Gasteiger partial charge in [0.15, 0.2) is 5.79 Å². The molecule has 1 aliphatic heterocycles. The van der Waals surface area contributed by atoms with E-state index in [2.05, 4.69) is 40.2 Å². The standard InChI is InChI=1S/C12H15BrO2/c1-12(14-8-9-15-12)11-4-2-10(3-5-11)6-7-13/h2-5H,6-9H2,1H3. The quantitative estimate of drug-likeness (QED) is 0.787. The molecule has 0 saturated carbocycles. The number of aryl methyl sites for hydroxylation is 1. The van der Waals surface area contributed by atoms with E-state index >= 15 is 0 Å². The maximum atomic E-state index is 5.59. The van der Waals surface area contributed by atoms with Crippen LogP contribution in [0.3, 0.4) is 0 Å². The predicted octanol–water partition coefficient (Wildman–Crippen LogP) is 2.84.